The Morgan fingerprint density at radius 3 is 2.59 bits per heavy atom. The van der Waals surface area contributed by atoms with Gasteiger partial charge in [0, 0.05) is 7.11 Å². The molecule has 3 rings (SSSR count). The predicted molar refractivity (Wildman–Crippen MR) is 147 cm³/mol. The lowest BCUT2D eigenvalue weighted by molar-refractivity contribution is 0.0719. The van der Waals surface area contributed by atoms with E-state index in [9.17, 15) is 0 Å². The molecule has 34 heavy (non-hydrogen) atoms. The fourth-order valence-corrected chi connectivity index (χ4v) is 7.60. The first-order valence-corrected chi connectivity index (χ1v) is 13.8. The van der Waals surface area contributed by atoms with Crippen LogP contribution in [-0.4, -0.2) is 13.2 Å². The van der Waals surface area contributed by atoms with Gasteiger partial charge in [0.2, 0.25) is 0 Å². The third kappa shape index (κ3) is 5.65. The van der Waals surface area contributed by atoms with Gasteiger partial charge in [0.25, 0.3) is 0 Å². The second kappa shape index (κ2) is 11.0. The van der Waals surface area contributed by atoms with E-state index in [0.29, 0.717) is 17.3 Å². The van der Waals surface area contributed by atoms with Crippen LogP contribution in [0.1, 0.15) is 93.4 Å². The van der Waals surface area contributed by atoms with Gasteiger partial charge in [-0.15, -0.1) is 5.92 Å². The van der Waals surface area contributed by atoms with Crippen LogP contribution in [0.3, 0.4) is 0 Å². The summed E-state index contributed by atoms with van der Waals surface area (Å²) in [7, 11) is 1.81. The molecule has 0 heterocycles. The minimum absolute atomic E-state index is 0.0224. The van der Waals surface area contributed by atoms with Crippen LogP contribution < -0.4 is 0 Å². The summed E-state index contributed by atoms with van der Waals surface area (Å²) >= 11 is 0. The summed E-state index contributed by atoms with van der Waals surface area (Å²) in [5.41, 5.74) is 4.81. The first kappa shape index (κ1) is 27.1. The Hall–Kier alpha value is -1.52. The molecule has 1 nitrogen and oxygen atoms in total. The normalized spacial score (nSPS) is 36.4. The zero-order chi connectivity index (χ0) is 25.1. The zero-order valence-corrected chi connectivity index (χ0v) is 23.3. The Balaban J connectivity index is 1.77. The average molecular weight is 463 g/mol. The molecule has 0 bridgehead atoms. The van der Waals surface area contributed by atoms with Crippen molar-refractivity contribution >= 4 is 0 Å². The van der Waals surface area contributed by atoms with Gasteiger partial charge >= 0.3 is 0 Å². The highest BCUT2D eigenvalue weighted by molar-refractivity contribution is 5.37. The van der Waals surface area contributed by atoms with Gasteiger partial charge in [-0.2, -0.15) is 0 Å². The minimum Gasteiger partial charge on any atom is -0.376 e. The molecule has 0 radical (unpaired) electrons. The van der Waals surface area contributed by atoms with Crippen molar-refractivity contribution < 1.29 is 4.74 Å². The number of allylic oxidation sites excluding steroid dienone is 6. The van der Waals surface area contributed by atoms with Gasteiger partial charge in [-0.3, -0.25) is 0 Å². The van der Waals surface area contributed by atoms with Crippen LogP contribution in [-0.2, 0) is 4.74 Å². The highest BCUT2D eigenvalue weighted by atomic mass is 16.5. The first-order chi connectivity index (χ1) is 16.0. The fraction of sp³-hybridized carbons (Fsp3) is 0.697. The first-order valence-electron chi connectivity index (χ1n) is 13.8. The smallest absolute Gasteiger partial charge is 0.0912 e. The Kier molecular flexibility index (Phi) is 8.79. The maximum absolute atomic E-state index is 5.83. The molecular formula is C33H50O. The van der Waals surface area contributed by atoms with E-state index in [1.807, 2.05) is 6.92 Å². The number of ether oxygens (including phenoxy) is 1. The van der Waals surface area contributed by atoms with Crippen LogP contribution >= 0.6 is 0 Å². The van der Waals surface area contributed by atoms with Crippen LogP contribution in [0.2, 0.25) is 0 Å². The molecular weight excluding hydrogens is 412 g/mol. The Morgan fingerprint density at radius 2 is 1.91 bits per heavy atom. The molecule has 3 saturated carbocycles. The van der Waals surface area contributed by atoms with E-state index in [2.05, 4.69) is 84.3 Å². The Morgan fingerprint density at radius 1 is 1.18 bits per heavy atom. The lowest BCUT2D eigenvalue weighted by atomic mass is 9.61. The van der Waals surface area contributed by atoms with Crippen molar-refractivity contribution in [2.45, 2.75) is 99.5 Å². The van der Waals surface area contributed by atoms with Crippen LogP contribution in [0.25, 0.3) is 0 Å². The van der Waals surface area contributed by atoms with Gasteiger partial charge in [0.15, 0.2) is 0 Å². The van der Waals surface area contributed by atoms with Gasteiger partial charge < -0.3 is 4.74 Å². The number of methoxy groups -OCH3 is 1. The van der Waals surface area contributed by atoms with E-state index >= 15 is 0 Å². The zero-order valence-electron chi connectivity index (χ0n) is 23.3. The van der Waals surface area contributed by atoms with E-state index < -0.39 is 0 Å². The summed E-state index contributed by atoms with van der Waals surface area (Å²) in [6.45, 7) is 20.4. The molecule has 0 saturated heterocycles. The van der Waals surface area contributed by atoms with Crippen molar-refractivity contribution in [1.29, 1.82) is 0 Å². The summed E-state index contributed by atoms with van der Waals surface area (Å²) in [4.78, 5) is 0. The van der Waals surface area contributed by atoms with Crippen LogP contribution in [0.5, 0.6) is 0 Å². The summed E-state index contributed by atoms with van der Waals surface area (Å²) in [5.74, 6) is 9.81. The fourth-order valence-electron chi connectivity index (χ4n) is 7.60. The molecule has 3 unspecified atom stereocenters. The maximum Gasteiger partial charge on any atom is 0.0912 e. The van der Waals surface area contributed by atoms with E-state index in [4.69, 9.17) is 4.74 Å². The second-order valence-electron chi connectivity index (χ2n) is 12.5. The molecule has 3 fully saturated rings. The average Bonchev–Trinajstić information content (AvgIpc) is 3.12. The predicted octanol–water partition coefficient (Wildman–Crippen LogP) is 8.93. The van der Waals surface area contributed by atoms with Crippen LogP contribution in [0, 0.1) is 52.3 Å². The van der Waals surface area contributed by atoms with Crippen molar-refractivity contribution in [1.82, 2.24) is 0 Å². The quantitative estimate of drug-likeness (QED) is 0.283. The Bertz CT molecular complexity index is 887. The molecule has 0 N–H and O–H groups in total. The van der Waals surface area contributed by atoms with Crippen molar-refractivity contribution in [3.05, 3.63) is 47.6 Å². The molecule has 0 amide bonds. The van der Waals surface area contributed by atoms with Crippen molar-refractivity contribution in [3.63, 3.8) is 0 Å². The largest absolute Gasteiger partial charge is 0.376 e. The SMILES string of the molecule is C=C1/C(=C\C=C2/CCC[C@@]3(C)C2CCC3[C@H](C)/C=C/C(OC)C(C)(C)C#CC)C[C@@H](C)C[C@@H]1C. The molecule has 3 aliphatic carbocycles. The van der Waals surface area contributed by atoms with Crippen LogP contribution in [0.15, 0.2) is 47.6 Å². The molecule has 0 spiro atoms. The molecule has 0 aliphatic heterocycles. The molecule has 3 aliphatic rings. The van der Waals surface area contributed by atoms with E-state index in [1.54, 1.807) is 12.7 Å². The number of hydrogen-bond acceptors (Lipinski definition) is 1. The van der Waals surface area contributed by atoms with Gasteiger partial charge in [-0.1, -0.05) is 70.1 Å². The molecule has 0 aromatic carbocycles. The minimum atomic E-state index is -0.172. The standard InChI is InChI=1S/C33H50O/c1-10-19-32(6,7)31(34-9)18-13-24(3)29-16-17-30-27(12-11-20-33(29,30)8)14-15-28-22-23(2)21-25(4)26(28)5/h13-15,18,23-25,29-31H,5,11-12,16-17,20-22H2,1-4,6-9H3/b18-13+,27-14+,28-15-/t23-,24+,25-,29?,30?,31?,33+/m0/s1. The maximum atomic E-state index is 5.83. The molecule has 0 aromatic heterocycles. The molecule has 1 heteroatoms. The third-order valence-corrected chi connectivity index (χ3v) is 9.50. The van der Waals surface area contributed by atoms with Crippen molar-refractivity contribution in [3.8, 4) is 11.8 Å². The van der Waals surface area contributed by atoms with Crippen LogP contribution in [0.4, 0.5) is 0 Å². The number of fused-ring (bicyclic) bond motifs is 1. The summed E-state index contributed by atoms with van der Waals surface area (Å²) < 4.78 is 5.83. The topological polar surface area (TPSA) is 9.23 Å². The van der Waals surface area contributed by atoms with Gasteiger partial charge in [-0.05, 0) is 112 Å². The molecule has 188 valence electrons. The summed E-state index contributed by atoms with van der Waals surface area (Å²) in [6, 6.07) is 0. The molecule has 7 atom stereocenters. The van der Waals surface area contributed by atoms with Crippen molar-refractivity contribution in [2.75, 3.05) is 7.11 Å². The molecule has 0 aromatic rings. The summed E-state index contributed by atoms with van der Waals surface area (Å²) in [5, 5.41) is 0. The van der Waals surface area contributed by atoms with Gasteiger partial charge in [0.05, 0.1) is 11.5 Å². The van der Waals surface area contributed by atoms with E-state index in [1.165, 1.54) is 56.1 Å². The lowest BCUT2D eigenvalue weighted by Crippen LogP contribution is -2.35. The van der Waals surface area contributed by atoms with E-state index in [-0.39, 0.29) is 11.5 Å². The van der Waals surface area contributed by atoms with Gasteiger partial charge in [-0.25, -0.2) is 0 Å². The number of rotatable bonds is 6. The highest BCUT2D eigenvalue weighted by Crippen LogP contribution is 2.59. The lowest BCUT2D eigenvalue weighted by Gasteiger charge is -2.44. The second-order valence-corrected chi connectivity index (χ2v) is 12.5. The van der Waals surface area contributed by atoms with Crippen molar-refractivity contribution in [2.24, 2.45) is 40.4 Å². The highest BCUT2D eigenvalue weighted by Gasteiger charge is 2.50. The third-order valence-electron chi connectivity index (χ3n) is 9.50. The Labute approximate surface area is 211 Å². The monoisotopic (exact) mass is 462 g/mol. The van der Waals surface area contributed by atoms with Gasteiger partial charge in [0.1, 0.15) is 0 Å². The van der Waals surface area contributed by atoms with E-state index in [0.717, 1.165) is 17.8 Å². The number of hydrogen-bond donors (Lipinski definition) is 0. The summed E-state index contributed by atoms with van der Waals surface area (Å²) in [6.07, 6.45) is 18.8.